The van der Waals surface area contributed by atoms with Crippen molar-refractivity contribution in [2.45, 2.75) is 33.2 Å². The van der Waals surface area contributed by atoms with Crippen LogP contribution in [0.5, 0.6) is 0 Å². The van der Waals surface area contributed by atoms with E-state index in [-0.39, 0.29) is 5.91 Å². The van der Waals surface area contributed by atoms with E-state index in [1.54, 1.807) is 6.20 Å². The van der Waals surface area contributed by atoms with Gasteiger partial charge in [-0.2, -0.15) is 0 Å². The molecule has 4 heteroatoms. The Hall–Kier alpha value is -1.58. The maximum absolute atomic E-state index is 11.7. The Labute approximate surface area is 109 Å². The van der Waals surface area contributed by atoms with Crippen molar-refractivity contribution in [3.05, 3.63) is 23.9 Å². The molecule has 0 aromatic carbocycles. The van der Waals surface area contributed by atoms with Crippen molar-refractivity contribution in [2.75, 3.05) is 19.0 Å². The van der Waals surface area contributed by atoms with Gasteiger partial charge in [0.2, 0.25) is 5.91 Å². The van der Waals surface area contributed by atoms with Crippen LogP contribution < -0.4 is 10.2 Å². The molecule has 18 heavy (non-hydrogen) atoms. The van der Waals surface area contributed by atoms with Crippen molar-refractivity contribution >= 4 is 11.7 Å². The number of rotatable bonds is 6. The molecular formula is C14H23N3O. The van der Waals surface area contributed by atoms with E-state index >= 15 is 0 Å². The molecule has 0 atom stereocenters. The lowest BCUT2D eigenvalue weighted by Crippen LogP contribution is -2.24. The van der Waals surface area contributed by atoms with Crippen molar-refractivity contribution in [1.29, 1.82) is 0 Å². The van der Waals surface area contributed by atoms with E-state index in [2.05, 4.69) is 24.1 Å². The minimum absolute atomic E-state index is 0.109. The van der Waals surface area contributed by atoms with Crippen LogP contribution >= 0.6 is 0 Å². The lowest BCUT2D eigenvalue weighted by molar-refractivity contribution is -0.121. The van der Waals surface area contributed by atoms with Crippen LogP contribution in [0.25, 0.3) is 0 Å². The highest BCUT2D eigenvalue weighted by Gasteiger charge is 2.07. The topological polar surface area (TPSA) is 45.2 Å². The summed E-state index contributed by atoms with van der Waals surface area (Å²) in [6.45, 7) is 4.79. The molecule has 0 fully saturated rings. The van der Waals surface area contributed by atoms with Gasteiger partial charge in [-0.05, 0) is 18.4 Å². The molecular weight excluding hydrogens is 226 g/mol. The summed E-state index contributed by atoms with van der Waals surface area (Å²) in [4.78, 5) is 17.9. The van der Waals surface area contributed by atoms with Crippen LogP contribution in [0.2, 0.25) is 0 Å². The molecule has 1 N–H and O–H groups in total. The molecule has 0 bridgehead atoms. The largest absolute Gasteiger partial charge is 0.362 e. The summed E-state index contributed by atoms with van der Waals surface area (Å²) in [5.41, 5.74) is 1.04. The Morgan fingerprint density at radius 1 is 1.44 bits per heavy atom. The number of carbonyl (C=O) groups excluding carboxylic acids is 1. The number of hydrogen-bond donors (Lipinski definition) is 1. The average Bonchev–Trinajstić information content (AvgIpc) is 2.34. The number of amides is 1. The van der Waals surface area contributed by atoms with Gasteiger partial charge in [0.25, 0.3) is 0 Å². The molecule has 0 aliphatic rings. The highest BCUT2D eigenvalue weighted by Crippen LogP contribution is 2.14. The maximum atomic E-state index is 11.7. The molecule has 0 spiro atoms. The number of pyridine rings is 1. The normalized spacial score (nSPS) is 10.5. The Morgan fingerprint density at radius 3 is 2.78 bits per heavy atom. The van der Waals surface area contributed by atoms with Crippen molar-refractivity contribution in [2.24, 2.45) is 5.92 Å². The summed E-state index contributed by atoms with van der Waals surface area (Å²) in [6.07, 6.45) is 3.29. The van der Waals surface area contributed by atoms with Crippen molar-refractivity contribution < 1.29 is 4.79 Å². The zero-order valence-electron chi connectivity index (χ0n) is 11.7. The molecule has 0 saturated heterocycles. The Kier molecular flexibility index (Phi) is 5.62. The first kappa shape index (κ1) is 14.5. The van der Waals surface area contributed by atoms with Crippen LogP contribution in [0.4, 0.5) is 5.82 Å². The first-order chi connectivity index (χ1) is 8.50. The molecule has 0 unspecified atom stereocenters. The molecule has 4 nitrogen and oxygen atoms in total. The first-order valence-corrected chi connectivity index (χ1v) is 6.38. The molecule has 0 saturated carbocycles. The zero-order chi connectivity index (χ0) is 13.5. The monoisotopic (exact) mass is 249 g/mol. The van der Waals surface area contributed by atoms with Gasteiger partial charge < -0.3 is 10.2 Å². The predicted molar refractivity (Wildman–Crippen MR) is 74.5 cm³/mol. The lowest BCUT2D eigenvalue weighted by atomic mass is 10.1. The molecule has 1 rings (SSSR count). The summed E-state index contributed by atoms with van der Waals surface area (Å²) in [6, 6.07) is 3.88. The van der Waals surface area contributed by atoms with Gasteiger partial charge >= 0.3 is 0 Å². The molecule has 0 radical (unpaired) electrons. The third-order valence-electron chi connectivity index (χ3n) is 2.72. The Balaban J connectivity index is 2.50. The maximum Gasteiger partial charge on any atom is 0.220 e. The molecule has 100 valence electrons. The summed E-state index contributed by atoms with van der Waals surface area (Å²) in [5.74, 6) is 1.57. The predicted octanol–water partition coefficient (Wildman–Crippen LogP) is 2.20. The summed E-state index contributed by atoms with van der Waals surface area (Å²) in [5, 5.41) is 2.94. The third kappa shape index (κ3) is 4.73. The van der Waals surface area contributed by atoms with Gasteiger partial charge in [0, 0.05) is 38.8 Å². The fourth-order valence-corrected chi connectivity index (χ4v) is 1.67. The van der Waals surface area contributed by atoms with Crippen LogP contribution in [0.1, 0.15) is 32.3 Å². The molecule has 1 aromatic heterocycles. The fraction of sp³-hybridized carbons (Fsp3) is 0.571. The first-order valence-electron chi connectivity index (χ1n) is 6.38. The van der Waals surface area contributed by atoms with Crippen LogP contribution in [-0.2, 0) is 11.3 Å². The van der Waals surface area contributed by atoms with E-state index in [0.29, 0.717) is 18.9 Å². The van der Waals surface area contributed by atoms with E-state index in [9.17, 15) is 4.79 Å². The van der Waals surface area contributed by atoms with Crippen LogP contribution in [0.15, 0.2) is 18.3 Å². The minimum atomic E-state index is 0.109. The lowest BCUT2D eigenvalue weighted by Gasteiger charge is -2.16. The van der Waals surface area contributed by atoms with Gasteiger partial charge in [-0.15, -0.1) is 0 Å². The number of aromatic nitrogens is 1. The minimum Gasteiger partial charge on any atom is -0.362 e. The molecule has 0 aliphatic carbocycles. The number of hydrogen-bond acceptors (Lipinski definition) is 3. The average molecular weight is 249 g/mol. The van der Waals surface area contributed by atoms with E-state index < -0.39 is 0 Å². The van der Waals surface area contributed by atoms with E-state index in [1.807, 2.05) is 31.1 Å². The second-order valence-electron chi connectivity index (χ2n) is 5.09. The van der Waals surface area contributed by atoms with Crippen LogP contribution in [0.3, 0.4) is 0 Å². The molecule has 1 aromatic rings. The summed E-state index contributed by atoms with van der Waals surface area (Å²) >= 11 is 0. The van der Waals surface area contributed by atoms with E-state index in [4.69, 9.17) is 0 Å². The van der Waals surface area contributed by atoms with Crippen molar-refractivity contribution in [3.63, 3.8) is 0 Å². The Morgan fingerprint density at radius 2 is 2.17 bits per heavy atom. The number of nitrogens with zero attached hydrogens (tertiary/aromatic N) is 2. The van der Waals surface area contributed by atoms with Crippen molar-refractivity contribution in [1.82, 2.24) is 10.3 Å². The van der Waals surface area contributed by atoms with E-state index in [0.717, 1.165) is 17.8 Å². The van der Waals surface area contributed by atoms with E-state index in [1.165, 1.54) is 0 Å². The van der Waals surface area contributed by atoms with Crippen LogP contribution in [-0.4, -0.2) is 25.0 Å². The summed E-state index contributed by atoms with van der Waals surface area (Å²) in [7, 11) is 3.90. The number of anilines is 1. The molecule has 1 heterocycles. The molecule has 0 aliphatic heterocycles. The van der Waals surface area contributed by atoms with Gasteiger partial charge in [0.05, 0.1) is 0 Å². The van der Waals surface area contributed by atoms with Gasteiger partial charge in [-0.3, -0.25) is 4.79 Å². The fourth-order valence-electron chi connectivity index (χ4n) is 1.67. The van der Waals surface area contributed by atoms with Gasteiger partial charge in [-0.1, -0.05) is 19.9 Å². The van der Waals surface area contributed by atoms with Gasteiger partial charge in [0.15, 0.2) is 0 Å². The SMILES string of the molecule is CC(C)CCC(=O)NCc1cccnc1N(C)C. The molecule has 1 amide bonds. The highest BCUT2D eigenvalue weighted by molar-refractivity contribution is 5.76. The highest BCUT2D eigenvalue weighted by atomic mass is 16.1. The smallest absolute Gasteiger partial charge is 0.220 e. The quantitative estimate of drug-likeness (QED) is 0.840. The van der Waals surface area contributed by atoms with Crippen molar-refractivity contribution in [3.8, 4) is 0 Å². The van der Waals surface area contributed by atoms with Gasteiger partial charge in [0.1, 0.15) is 5.82 Å². The number of nitrogens with one attached hydrogen (secondary N) is 1. The second-order valence-corrected chi connectivity index (χ2v) is 5.09. The van der Waals surface area contributed by atoms with Gasteiger partial charge in [-0.25, -0.2) is 4.98 Å². The second kappa shape index (κ2) is 6.99. The zero-order valence-corrected chi connectivity index (χ0v) is 11.7. The number of carbonyl (C=O) groups is 1. The standard InChI is InChI=1S/C14H23N3O/c1-11(2)7-8-13(18)16-10-12-6-5-9-15-14(12)17(3)4/h5-6,9,11H,7-8,10H2,1-4H3,(H,16,18). The van der Waals surface area contributed by atoms with Crippen LogP contribution in [0, 0.1) is 5.92 Å². The Bertz CT molecular complexity index is 388. The summed E-state index contributed by atoms with van der Waals surface area (Å²) < 4.78 is 0. The third-order valence-corrected chi connectivity index (χ3v) is 2.72.